The Morgan fingerprint density at radius 1 is 1.00 bits per heavy atom. The van der Waals surface area contributed by atoms with E-state index in [4.69, 9.17) is 37.4 Å². The van der Waals surface area contributed by atoms with Crippen LogP contribution in [0, 0.1) is 0 Å². The van der Waals surface area contributed by atoms with Gasteiger partial charge in [-0.3, -0.25) is 4.79 Å². The van der Waals surface area contributed by atoms with Crippen LogP contribution in [0.25, 0.3) is 0 Å². The fourth-order valence-corrected chi connectivity index (χ4v) is 2.77. The second-order valence-electron chi connectivity index (χ2n) is 5.39. The molecule has 0 aliphatic rings. The molecule has 140 valence electrons. The Morgan fingerprint density at radius 2 is 1.62 bits per heavy atom. The summed E-state index contributed by atoms with van der Waals surface area (Å²) in [7, 11) is 4.58. The minimum absolute atomic E-state index is 0.261. The first-order valence-electron chi connectivity index (χ1n) is 7.72. The quantitative estimate of drug-likeness (QED) is 0.720. The number of halogens is 2. The van der Waals surface area contributed by atoms with Gasteiger partial charge in [-0.05, 0) is 25.1 Å². The number of hydrogen-bond acceptors (Lipinski definition) is 5. The Morgan fingerprint density at radius 3 is 2.12 bits per heavy atom. The summed E-state index contributed by atoms with van der Waals surface area (Å²) in [5.41, 5.74) is 1.13. The summed E-state index contributed by atoms with van der Waals surface area (Å²) in [6, 6.07) is 7.76. The lowest BCUT2D eigenvalue weighted by atomic mass is 10.2. The highest BCUT2D eigenvalue weighted by Crippen LogP contribution is 2.40. The number of hydrogen-bond donors (Lipinski definition) is 2. The number of anilines is 2. The molecule has 0 spiro atoms. The maximum atomic E-state index is 12.4. The molecule has 6 nitrogen and oxygen atoms in total. The summed E-state index contributed by atoms with van der Waals surface area (Å²) in [5, 5.41) is 6.72. The van der Waals surface area contributed by atoms with Crippen molar-refractivity contribution in [1.82, 2.24) is 0 Å². The highest BCUT2D eigenvalue weighted by Gasteiger charge is 2.18. The third-order valence-corrected chi connectivity index (χ3v) is 4.18. The molecule has 1 amide bonds. The monoisotopic (exact) mass is 398 g/mol. The molecule has 2 aromatic carbocycles. The predicted octanol–water partition coefficient (Wildman–Crippen LogP) is 4.46. The summed E-state index contributed by atoms with van der Waals surface area (Å²) in [4.78, 5) is 12.4. The smallest absolute Gasteiger partial charge is 0.246 e. The van der Waals surface area contributed by atoms with Crippen molar-refractivity contribution in [3.8, 4) is 17.2 Å². The van der Waals surface area contributed by atoms with Gasteiger partial charge in [0.05, 0.1) is 32.0 Å². The van der Waals surface area contributed by atoms with Crippen LogP contribution in [0.1, 0.15) is 6.92 Å². The Hall–Kier alpha value is -2.31. The van der Waals surface area contributed by atoms with Gasteiger partial charge in [0.1, 0.15) is 6.04 Å². The molecule has 0 aromatic heterocycles. The molecule has 0 saturated heterocycles. The first kappa shape index (κ1) is 20.0. The Bertz CT molecular complexity index is 774. The third-order valence-electron chi connectivity index (χ3n) is 3.63. The minimum Gasteiger partial charge on any atom is -0.493 e. The molecule has 1 atom stereocenters. The Balaban J connectivity index is 2.15. The minimum atomic E-state index is -0.551. The molecule has 26 heavy (non-hydrogen) atoms. The van der Waals surface area contributed by atoms with Crippen molar-refractivity contribution in [2.24, 2.45) is 0 Å². The second-order valence-corrected chi connectivity index (χ2v) is 6.24. The van der Waals surface area contributed by atoms with Crippen molar-refractivity contribution in [2.45, 2.75) is 13.0 Å². The average Bonchev–Trinajstić information content (AvgIpc) is 2.62. The lowest BCUT2D eigenvalue weighted by Gasteiger charge is -2.19. The number of ether oxygens (including phenoxy) is 3. The SMILES string of the molecule is COc1cc(NC(C)C(=O)Nc2ccc(Cl)cc2Cl)cc(OC)c1OC. The van der Waals surface area contributed by atoms with Gasteiger partial charge in [0.15, 0.2) is 11.5 Å². The molecule has 0 fully saturated rings. The van der Waals surface area contributed by atoms with Crippen LogP contribution in [0.15, 0.2) is 30.3 Å². The summed E-state index contributed by atoms with van der Waals surface area (Å²) < 4.78 is 15.9. The molecule has 0 radical (unpaired) electrons. The molecule has 0 aliphatic carbocycles. The van der Waals surface area contributed by atoms with E-state index in [-0.39, 0.29) is 5.91 Å². The largest absolute Gasteiger partial charge is 0.493 e. The van der Waals surface area contributed by atoms with Gasteiger partial charge >= 0.3 is 0 Å². The van der Waals surface area contributed by atoms with Crippen molar-refractivity contribution in [2.75, 3.05) is 32.0 Å². The summed E-state index contributed by atoms with van der Waals surface area (Å²) in [6.45, 7) is 1.72. The van der Waals surface area contributed by atoms with Gasteiger partial charge in [-0.2, -0.15) is 0 Å². The molecule has 2 aromatic rings. The zero-order chi connectivity index (χ0) is 19.3. The Labute approximate surface area is 162 Å². The molecule has 0 aliphatic heterocycles. The third kappa shape index (κ3) is 4.65. The molecule has 8 heteroatoms. The molecular formula is C18H20Cl2N2O4. The van der Waals surface area contributed by atoms with Crippen LogP contribution >= 0.6 is 23.2 Å². The summed E-state index contributed by atoms with van der Waals surface area (Å²) in [6.07, 6.45) is 0. The van der Waals surface area contributed by atoms with Gasteiger partial charge in [-0.1, -0.05) is 23.2 Å². The normalized spacial score (nSPS) is 11.5. The van der Waals surface area contributed by atoms with Crippen LogP contribution < -0.4 is 24.8 Å². The van der Waals surface area contributed by atoms with Crippen LogP contribution in [-0.2, 0) is 4.79 Å². The van der Waals surface area contributed by atoms with Crippen LogP contribution in [-0.4, -0.2) is 33.3 Å². The fraction of sp³-hybridized carbons (Fsp3) is 0.278. The zero-order valence-corrected chi connectivity index (χ0v) is 16.4. The van der Waals surface area contributed by atoms with E-state index in [9.17, 15) is 4.79 Å². The highest BCUT2D eigenvalue weighted by molar-refractivity contribution is 6.36. The maximum Gasteiger partial charge on any atom is 0.246 e. The van der Waals surface area contributed by atoms with Crippen LogP contribution in [0.4, 0.5) is 11.4 Å². The molecular weight excluding hydrogens is 379 g/mol. The number of rotatable bonds is 7. The number of amides is 1. The van der Waals surface area contributed by atoms with Crippen molar-refractivity contribution in [1.29, 1.82) is 0 Å². The Kier molecular flexibility index (Phi) is 6.83. The average molecular weight is 399 g/mol. The van der Waals surface area contributed by atoms with E-state index in [1.54, 1.807) is 37.3 Å². The van der Waals surface area contributed by atoms with Crippen molar-refractivity contribution >= 4 is 40.5 Å². The number of nitrogens with one attached hydrogen (secondary N) is 2. The van der Waals surface area contributed by atoms with Crippen molar-refractivity contribution in [3.63, 3.8) is 0 Å². The number of methoxy groups -OCH3 is 3. The van der Waals surface area contributed by atoms with Gasteiger partial charge in [-0.15, -0.1) is 0 Å². The zero-order valence-electron chi connectivity index (χ0n) is 14.9. The van der Waals surface area contributed by atoms with E-state index in [1.807, 2.05) is 0 Å². The first-order chi connectivity index (χ1) is 12.4. The van der Waals surface area contributed by atoms with Crippen molar-refractivity contribution in [3.05, 3.63) is 40.4 Å². The van der Waals surface area contributed by atoms with E-state index in [1.165, 1.54) is 21.3 Å². The molecule has 0 saturated carbocycles. The van der Waals surface area contributed by atoms with E-state index in [2.05, 4.69) is 10.6 Å². The number of carbonyl (C=O) groups excluding carboxylic acids is 1. The second kappa shape index (κ2) is 8.87. The number of carbonyl (C=O) groups is 1. The lowest BCUT2D eigenvalue weighted by molar-refractivity contribution is -0.116. The molecule has 0 heterocycles. The predicted molar refractivity (Wildman–Crippen MR) is 104 cm³/mol. The van der Waals surface area contributed by atoms with Gasteiger partial charge in [0.2, 0.25) is 11.7 Å². The van der Waals surface area contributed by atoms with Gasteiger partial charge in [0, 0.05) is 22.8 Å². The summed E-state index contributed by atoms with van der Waals surface area (Å²) in [5.74, 6) is 1.19. The number of benzene rings is 2. The van der Waals surface area contributed by atoms with Gasteiger partial charge < -0.3 is 24.8 Å². The molecule has 0 bridgehead atoms. The van der Waals surface area contributed by atoms with Crippen molar-refractivity contribution < 1.29 is 19.0 Å². The lowest BCUT2D eigenvalue weighted by Crippen LogP contribution is -2.32. The standard InChI is InChI=1S/C18H20Cl2N2O4/c1-10(18(23)22-14-6-5-11(19)7-13(14)20)21-12-8-15(24-2)17(26-4)16(9-12)25-3/h5-10,21H,1-4H3,(H,22,23). The topological polar surface area (TPSA) is 68.8 Å². The van der Waals surface area contributed by atoms with E-state index in [0.29, 0.717) is 38.7 Å². The van der Waals surface area contributed by atoms with E-state index < -0.39 is 6.04 Å². The highest BCUT2D eigenvalue weighted by atomic mass is 35.5. The van der Waals surface area contributed by atoms with Crippen LogP contribution in [0.2, 0.25) is 10.0 Å². The maximum absolute atomic E-state index is 12.4. The molecule has 1 unspecified atom stereocenters. The van der Waals surface area contributed by atoms with Gasteiger partial charge in [-0.25, -0.2) is 0 Å². The molecule has 2 N–H and O–H groups in total. The summed E-state index contributed by atoms with van der Waals surface area (Å²) >= 11 is 11.9. The van der Waals surface area contributed by atoms with E-state index >= 15 is 0 Å². The van der Waals surface area contributed by atoms with Gasteiger partial charge in [0.25, 0.3) is 0 Å². The van der Waals surface area contributed by atoms with Crippen LogP contribution in [0.5, 0.6) is 17.2 Å². The van der Waals surface area contributed by atoms with Crippen LogP contribution in [0.3, 0.4) is 0 Å². The fourth-order valence-electron chi connectivity index (χ4n) is 2.31. The van der Waals surface area contributed by atoms with E-state index in [0.717, 1.165) is 0 Å². The first-order valence-corrected chi connectivity index (χ1v) is 8.47. The molecule has 2 rings (SSSR count).